The molecule has 5 heteroatoms. The Labute approximate surface area is 165 Å². The molecule has 5 nitrogen and oxygen atoms in total. The standard InChI is InChI=1S/C23H26O5/c1-22(2)9-10-23(3,4)18-11-14(5-8-17(18)22)20(25)13-28-15-6-7-16(21(26)27)19(24)12-15/h5-8,11-12,24H,9-10,13H2,1-4H3,(H,26,27). The molecule has 148 valence electrons. The van der Waals surface area contributed by atoms with Crippen LogP contribution in [-0.2, 0) is 10.8 Å². The summed E-state index contributed by atoms with van der Waals surface area (Å²) in [5.74, 6) is -1.53. The fraction of sp³-hybridized carbons (Fsp3) is 0.391. The van der Waals surface area contributed by atoms with Gasteiger partial charge >= 0.3 is 5.97 Å². The van der Waals surface area contributed by atoms with Crippen molar-refractivity contribution in [1.82, 2.24) is 0 Å². The first-order chi connectivity index (χ1) is 13.0. The van der Waals surface area contributed by atoms with Crippen LogP contribution in [-0.4, -0.2) is 28.6 Å². The number of carboxylic acids is 1. The number of phenols is 1. The quantitative estimate of drug-likeness (QED) is 0.732. The molecule has 0 aromatic heterocycles. The van der Waals surface area contributed by atoms with E-state index in [1.54, 1.807) is 0 Å². The van der Waals surface area contributed by atoms with E-state index in [0.29, 0.717) is 5.56 Å². The van der Waals surface area contributed by atoms with Crippen LogP contribution in [0.15, 0.2) is 36.4 Å². The number of fused-ring (bicyclic) bond motifs is 1. The Balaban J connectivity index is 1.79. The minimum atomic E-state index is -1.22. The molecule has 1 aliphatic rings. The van der Waals surface area contributed by atoms with Gasteiger partial charge in [0.15, 0.2) is 12.4 Å². The summed E-state index contributed by atoms with van der Waals surface area (Å²) in [5.41, 5.74) is 2.98. The van der Waals surface area contributed by atoms with E-state index in [1.165, 1.54) is 29.3 Å². The third kappa shape index (κ3) is 3.75. The number of ketones is 1. The monoisotopic (exact) mass is 382 g/mol. The van der Waals surface area contributed by atoms with Crippen molar-refractivity contribution in [3.05, 3.63) is 58.7 Å². The summed E-state index contributed by atoms with van der Waals surface area (Å²) >= 11 is 0. The average molecular weight is 382 g/mol. The number of hydrogen-bond donors (Lipinski definition) is 2. The number of hydrogen-bond acceptors (Lipinski definition) is 4. The van der Waals surface area contributed by atoms with Crippen molar-refractivity contribution in [2.75, 3.05) is 6.61 Å². The van der Waals surface area contributed by atoms with Crippen molar-refractivity contribution in [2.24, 2.45) is 0 Å². The average Bonchev–Trinajstić information content (AvgIpc) is 2.63. The number of carbonyl (C=O) groups excluding carboxylic acids is 1. The zero-order valence-electron chi connectivity index (χ0n) is 16.7. The Morgan fingerprint density at radius 2 is 1.61 bits per heavy atom. The van der Waals surface area contributed by atoms with Crippen LogP contribution in [0, 0.1) is 0 Å². The number of aromatic carboxylic acids is 1. The van der Waals surface area contributed by atoms with Crippen molar-refractivity contribution in [3.63, 3.8) is 0 Å². The minimum Gasteiger partial charge on any atom is -0.507 e. The molecule has 28 heavy (non-hydrogen) atoms. The zero-order chi connectivity index (χ0) is 20.7. The van der Waals surface area contributed by atoms with Crippen LogP contribution in [0.1, 0.15) is 72.4 Å². The Hall–Kier alpha value is -2.82. The highest BCUT2D eigenvalue weighted by atomic mass is 16.5. The summed E-state index contributed by atoms with van der Waals surface area (Å²) in [4.78, 5) is 23.6. The molecular weight excluding hydrogens is 356 g/mol. The van der Waals surface area contributed by atoms with Gasteiger partial charge in [-0.3, -0.25) is 4.79 Å². The van der Waals surface area contributed by atoms with Gasteiger partial charge in [0.1, 0.15) is 17.1 Å². The molecule has 0 saturated carbocycles. The molecule has 0 heterocycles. The maximum Gasteiger partial charge on any atom is 0.339 e. The van der Waals surface area contributed by atoms with Gasteiger partial charge in [-0.1, -0.05) is 39.8 Å². The number of aromatic hydroxyl groups is 1. The predicted molar refractivity (Wildman–Crippen MR) is 107 cm³/mol. The molecule has 2 aromatic carbocycles. The zero-order valence-corrected chi connectivity index (χ0v) is 16.7. The molecule has 0 atom stereocenters. The molecule has 0 fully saturated rings. The molecule has 0 radical (unpaired) electrons. The van der Waals surface area contributed by atoms with E-state index in [-0.39, 0.29) is 34.5 Å². The SMILES string of the molecule is CC1(C)CCC(C)(C)c2cc(C(=O)COc3ccc(C(=O)O)c(O)c3)ccc21. The van der Waals surface area contributed by atoms with Crippen LogP contribution in [0.5, 0.6) is 11.5 Å². The largest absolute Gasteiger partial charge is 0.507 e. The summed E-state index contributed by atoms with van der Waals surface area (Å²) in [6.07, 6.45) is 2.18. The van der Waals surface area contributed by atoms with Crippen molar-refractivity contribution in [1.29, 1.82) is 0 Å². The fourth-order valence-electron chi connectivity index (χ4n) is 3.78. The van der Waals surface area contributed by atoms with Gasteiger partial charge in [-0.05, 0) is 53.0 Å². The summed E-state index contributed by atoms with van der Waals surface area (Å²) in [7, 11) is 0. The van der Waals surface area contributed by atoms with Crippen molar-refractivity contribution < 1.29 is 24.5 Å². The molecule has 0 unspecified atom stereocenters. The van der Waals surface area contributed by atoms with Crippen LogP contribution in [0.2, 0.25) is 0 Å². The number of rotatable bonds is 5. The van der Waals surface area contributed by atoms with E-state index in [2.05, 4.69) is 33.8 Å². The van der Waals surface area contributed by atoms with Crippen LogP contribution >= 0.6 is 0 Å². The van der Waals surface area contributed by atoms with E-state index in [9.17, 15) is 14.7 Å². The van der Waals surface area contributed by atoms with Crippen LogP contribution in [0.4, 0.5) is 0 Å². The van der Waals surface area contributed by atoms with Gasteiger partial charge in [0.05, 0.1) is 0 Å². The fourth-order valence-corrected chi connectivity index (χ4v) is 3.78. The maximum absolute atomic E-state index is 12.7. The first-order valence-corrected chi connectivity index (χ1v) is 9.38. The summed E-state index contributed by atoms with van der Waals surface area (Å²) in [5, 5.41) is 18.7. The number of ether oxygens (including phenoxy) is 1. The summed E-state index contributed by atoms with van der Waals surface area (Å²) in [6, 6.07) is 9.76. The normalized spacial score (nSPS) is 16.9. The molecule has 0 aliphatic heterocycles. The second-order valence-corrected chi connectivity index (χ2v) is 8.72. The van der Waals surface area contributed by atoms with Crippen LogP contribution in [0.25, 0.3) is 0 Å². The van der Waals surface area contributed by atoms with Gasteiger partial charge in [-0.25, -0.2) is 4.79 Å². The highest BCUT2D eigenvalue weighted by Crippen LogP contribution is 2.45. The van der Waals surface area contributed by atoms with E-state index >= 15 is 0 Å². The highest BCUT2D eigenvalue weighted by molar-refractivity contribution is 5.97. The lowest BCUT2D eigenvalue weighted by Gasteiger charge is -2.42. The van der Waals surface area contributed by atoms with Crippen LogP contribution < -0.4 is 4.74 Å². The minimum absolute atomic E-state index is 0.0143. The topological polar surface area (TPSA) is 83.8 Å². The van der Waals surface area contributed by atoms with Gasteiger partial charge in [0.2, 0.25) is 0 Å². The van der Waals surface area contributed by atoms with Gasteiger partial charge in [-0.15, -0.1) is 0 Å². The molecule has 2 N–H and O–H groups in total. The molecule has 3 rings (SSSR count). The predicted octanol–water partition coefficient (Wildman–Crippen LogP) is 4.70. The summed E-state index contributed by atoms with van der Waals surface area (Å²) in [6.45, 7) is 8.70. The lowest BCUT2D eigenvalue weighted by atomic mass is 9.63. The molecule has 0 spiro atoms. The summed E-state index contributed by atoms with van der Waals surface area (Å²) < 4.78 is 5.47. The van der Waals surface area contributed by atoms with Gasteiger partial charge in [-0.2, -0.15) is 0 Å². The van der Waals surface area contributed by atoms with E-state index in [1.807, 2.05) is 12.1 Å². The van der Waals surface area contributed by atoms with Crippen molar-refractivity contribution >= 4 is 11.8 Å². The number of Topliss-reactive ketones (excluding diaryl/α,β-unsaturated/α-hetero) is 1. The number of carboxylic acid groups (broad SMARTS) is 1. The lowest BCUT2D eigenvalue weighted by molar-refractivity contribution is 0.0693. The first-order valence-electron chi connectivity index (χ1n) is 9.38. The Kier molecular flexibility index (Phi) is 4.96. The van der Waals surface area contributed by atoms with Crippen LogP contribution in [0.3, 0.4) is 0 Å². The van der Waals surface area contributed by atoms with E-state index in [0.717, 1.165) is 12.8 Å². The molecule has 0 amide bonds. The van der Waals surface area contributed by atoms with Gasteiger partial charge in [0.25, 0.3) is 0 Å². The third-order valence-corrected chi connectivity index (χ3v) is 5.74. The number of carbonyl (C=O) groups is 2. The lowest BCUT2D eigenvalue weighted by Crippen LogP contribution is -2.34. The molecule has 1 aliphatic carbocycles. The van der Waals surface area contributed by atoms with E-state index in [4.69, 9.17) is 9.84 Å². The third-order valence-electron chi connectivity index (χ3n) is 5.74. The highest BCUT2D eigenvalue weighted by Gasteiger charge is 2.37. The number of benzene rings is 2. The maximum atomic E-state index is 12.7. The molecule has 0 bridgehead atoms. The second kappa shape index (κ2) is 6.97. The Morgan fingerprint density at radius 3 is 2.21 bits per heavy atom. The van der Waals surface area contributed by atoms with Gasteiger partial charge in [0, 0.05) is 11.6 Å². The molecule has 2 aromatic rings. The first kappa shape index (κ1) is 19.9. The van der Waals surface area contributed by atoms with Crippen molar-refractivity contribution in [2.45, 2.75) is 51.4 Å². The molecule has 0 saturated heterocycles. The van der Waals surface area contributed by atoms with Gasteiger partial charge < -0.3 is 14.9 Å². The molecular formula is C23H26O5. The smallest absolute Gasteiger partial charge is 0.339 e. The Bertz CT molecular complexity index is 940. The van der Waals surface area contributed by atoms with Crippen molar-refractivity contribution in [3.8, 4) is 11.5 Å². The second-order valence-electron chi connectivity index (χ2n) is 8.72. The van der Waals surface area contributed by atoms with E-state index < -0.39 is 11.7 Å². The Morgan fingerprint density at radius 1 is 0.964 bits per heavy atom.